The predicted molar refractivity (Wildman–Crippen MR) is 85.3 cm³/mol. The Bertz CT molecular complexity index is 845. The Labute approximate surface area is 131 Å². The normalized spacial score (nSPS) is 11.8. The molecule has 0 saturated carbocycles. The first kappa shape index (κ1) is 14.6. The first-order chi connectivity index (χ1) is 10.3. The lowest BCUT2D eigenvalue weighted by Crippen LogP contribution is -2.11. The number of nitrogens with zero attached hydrogens (tertiary/aromatic N) is 3. The van der Waals surface area contributed by atoms with E-state index in [0.29, 0.717) is 16.2 Å². The number of anilines is 1. The van der Waals surface area contributed by atoms with Gasteiger partial charge in [0.1, 0.15) is 10.4 Å². The van der Waals surface area contributed by atoms with E-state index in [1.165, 1.54) is 0 Å². The number of oxazole rings is 1. The average Bonchev–Trinajstić information content (AvgIpc) is 3.01. The summed E-state index contributed by atoms with van der Waals surface area (Å²) in [4.78, 5) is 16.9. The Hall–Kier alpha value is -2.28. The Kier molecular flexibility index (Phi) is 3.44. The van der Waals surface area contributed by atoms with Gasteiger partial charge in [0.05, 0.1) is 5.69 Å². The molecule has 3 aromatic rings. The van der Waals surface area contributed by atoms with Crippen molar-refractivity contribution in [3.63, 3.8) is 0 Å². The van der Waals surface area contributed by atoms with Crippen LogP contribution in [0.2, 0.25) is 0 Å². The second-order valence-electron chi connectivity index (χ2n) is 6.09. The lowest BCUT2D eigenvalue weighted by atomic mass is 9.87. The van der Waals surface area contributed by atoms with Gasteiger partial charge in [0.2, 0.25) is 0 Å². The molecular formula is C15H16N4O2S. The summed E-state index contributed by atoms with van der Waals surface area (Å²) in [5.41, 5.74) is 3.15. The van der Waals surface area contributed by atoms with Gasteiger partial charge in [-0.2, -0.15) is 4.98 Å². The fourth-order valence-corrected chi connectivity index (χ4v) is 2.59. The van der Waals surface area contributed by atoms with Gasteiger partial charge in [-0.3, -0.25) is 10.1 Å². The van der Waals surface area contributed by atoms with E-state index < -0.39 is 0 Å². The second kappa shape index (κ2) is 5.17. The molecule has 0 unspecified atom stereocenters. The second-order valence-corrected chi connectivity index (χ2v) is 6.85. The van der Waals surface area contributed by atoms with Crippen molar-refractivity contribution in [3.05, 3.63) is 34.3 Å². The summed E-state index contributed by atoms with van der Waals surface area (Å²) in [6.45, 7) is 8.14. The van der Waals surface area contributed by atoms with E-state index in [-0.39, 0.29) is 17.3 Å². The Morgan fingerprint density at radius 3 is 2.73 bits per heavy atom. The molecule has 1 aromatic carbocycles. The number of carbonyl (C=O) groups excluding carboxylic acids is 1. The van der Waals surface area contributed by atoms with Gasteiger partial charge >= 0.3 is 6.01 Å². The van der Waals surface area contributed by atoms with Gasteiger partial charge < -0.3 is 4.42 Å². The number of nitrogens with one attached hydrogen (secondary N) is 1. The molecule has 3 rings (SSSR count). The summed E-state index contributed by atoms with van der Waals surface area (Å²) in [6, 6.07) is 6.04. The van der Waals surface area contributed by atoms with E-state index in [1.807, 2.05) is 18.2 Å². The number of aromatic nitrogens is 3. The third-order valence-corrected chi connectivity index (χ3v) is 4.16. The number of hydrogen-bond donors (Lipinski definition) is 1. The number of hydrogen-bond acceptors (Lipinski definition) is 6. The summed E-state index contributed by atoms with van der Waals surface area (Å²) in [5, 5.41) is 6.46. The van der Waals surface area contributed by atoms with Crippen LogP contribution in [0.1, 0.15) is 41.7 Å². The number of rotatable bonds is 2. The van der Waals surface area contributed by atoms with Gasteiger partial charge in [-0.25, -0.2) is 0 Å². The highest BCUT2D eigenvalue weighted by Crippen LogP contribution is 2.27. The molecule has 0 fully saturated rings. The maximum absolute atomic E-state index is 12.1. The van der Waals surface area contributed by atoms with Gasteiger partial charge in [0.15, 0.2) is 5.58 Å². The van der Waals surface area contributed by atoms with Crippen LogP contribution in [-0.4, -0.2) is 20.5 Å². The lowest BCUT2D eigenvalue weighted by Gasteiger charge is -2.18. The van der Waals surface area contributed by atoms with E-state index >= 15 is 0 Å². The third-order valence-electron chi connectivity index (χ3n) is 3.33. The topological polar surface area (TPSA) is 80.9 Å². The van der Waals surface area contributed by atoms with E-state index in [0.717, 1.165) is 22.6 Å². The van der Waals surface area contributed by atoms with Crippen molar-refractivity contribution in [2.24, 2.45) is 0 Å². The smallest absolute Gasteiger partial charge is 0.302 e. The molecule has 0 aliphatic carbocycles. The first-order valence-corrected chi connectivity index (χ1v) is 7.63. The summed E-state index contributed by atoms with van der Waals surface area (Å²) in [6.07, 6.45) is 0. The molecule has 0 aliphatic rings. The van der Waals surface area contributed by atoms with Crippen LogP contribution < -0.4 is 5.32 Å². The molecule has 0 radical (unpaired) electrons. The maximum Gasteiger partial charge on any atom is 0.302 e. The number of fused-ring (bicyclic) bond motifs is 1. The van der Waals surface area contributed by atoms with Crippen LogP contribution in [0, 0.1) is 6.92 Å². The molecule has 6 nitrogen and oxygen atoms in total. The van der Waals surface area contributed by atoms with Crippen molar-refractivity contribution in [3.8, 4) is 0 Å². The van der Waals surface area contributed by atoms with Crippen LogP contribution in [0.15, 0.2) is 22.6 Å². The van der Waals surface area contributed by atoms with E-state index in [2.05, 4.69) is 40.7 Å². The van der Waals surface area contributed by atoms with Crippen LogP contribution in [0.25, 0.3) is 11.1 Å². The minimum atomic E-state index is -0.310. The van der Waals surface area contributed by atoms with Crippen LogP contribution in [-0.2, 0) is 5.41 Å². The van der Waals surface area contributed by atoms with E-state index in [1.54, 1.807) is 6.92 Å². The molecule has 0 aliphatic heterocycles. The molecule has 0 atom stereocenters. The molecule has 1 amide bonds. The number of carbonyl (C=O) groups is 1. The Balaban J connectivity index is 1.89. The van der Waals surface area contributed by atoms with Gasteiger partial charge in [0.25, 0.3) is 5.91 Å². The highest BCUT2D eigenvalue weighted by molar-refractivity contribution is 7.08. The molecule has 0 bridgehead atoms. The zero-order valence-corrected chi connectivity index (χ0v) is 13.6. The molecule has 7 heteroatoms. The zero-order valence-electron chi connectivity index (χ0n) is 12.8. The number of aryl methyl sites for hydroxylation is 1. The summed E-state index contributed by atoms with van der Waals surface area (Å²) >= 11 is 1.05. The predicted octanol–water partition coefficient (Wildman–Crippen LogP) is 3.54. The summed E-state index contributed by atoms with van der Waals surface area (Å²) in [7, 11) is 0. The molecule has 2 heterocycles. The van der Waals surface area contributed by atoms with Gasteiger partial charge in [-0.05, 0) is 41.6 Å². The molecule has 2 aromatic heterocycles. The van der Waals surface area contributed by atoms with Crippen molar-refractivity contribution in [1.82, 2.24) is 14.6 Å². The van der Waals surface area contributed by atoms with Gasteiger partial charge in [0, 0.05) is 0 Å². The average molecular weight is 316 g/mol. The van der Waals surface area contributed by atoms with Crippen molar-refractivity contribution in [1.29, 1.82) is 0 Å². The fraction of sp³-hybridized carbons (Fsp3) is 0.333. The number of benzene rings is 1. The standard InChI is InChI=1S/C15H16N4O2S/c1-8-12(22-19-18-8)13(20)17-14-16-10-7-9(15(2,3)4)5-6-11(10)21-14/h5-7H,1-4H3,(H,16,17,20). The summed E-state index contributed by atoms with van der Waals surface area (Å²) < 4.78 is 9.31. The van der Waals surface area contributed by atoms with Crippen molar-refractivity contribution < 1.29 is 9.21 Å². The largest absolute Gasteiger partial charge is 0.423 e. The first-order valence-electron chi connectivity index (χ1n) is 6.86. The highest BCUT2D eigenvalue weighted by atomic mass is 32.1. The van der Waals surface area contributed by atoms with Crippen LogP contribution in [0.5, 0.6) is 0 Å². The van der Waals surface area contributed by atoms with Gasteiger partial charge in [-0.1, -0.05) is 31.3 Å². The quantitative estimate of drug-likeness (QED) is 0.782. The minimum Gasteiger partial charge on any atom is -0.423 e. The van der Waals surface area contributed by atoms with Gasteiger partial charge in [-0.15, -0.1) is 5.10 Å². The maximum atomic E-state index is 12.1. The zero-order chi connectivity index (χ0) is 15.9. The third kappa shape index (κ3) is 2.71. The van der Waals surface area contributed by atoms with E-state index in [4.69, 9.17) is 4.42 Å². The molecular weight excluding hydrogens is 300 g/mol. The molecule has 1 N–H and O–H groups in total. The van der Waals surface area contributed by atoms with Crippen LogP contribution in [0.4, 0.5) is 6.01 Å². The van der Waals surface area contributed by atoms with Crippen molar-refractivity contribution in [2.75, 3.05) is 5.32 Å². The molecule has 0 saturated heterocycles. The molecule has 22 heavy (non-hydrogen) atoms. The SMILES string of the molecule is Cc1nnsc1C(=O)Nc1nc2cc(C(C)(C)C)ccc2o1. The van der Waals surface area contributed by atoms with Crippen molar-refractivity contribution in [2.45, 2.75) is 33.1 Å². The summed E-state index contributed by atoms with van der Waals surface area (Å²) in [5.74, 6) is -0.310. The van der Waals surface area contributed by atoms with Crippen molar-refractivity contribution >= 4 is 34.6 Å². The monoisotopic (exact) mass is 316 g/mol. The Morgan fingerprint density at radius 1 is 1.32 bits per heavy atom. The highest BCUT2D eigenvalue weighted by Gasteiger charge is 2.18. The Morgan fingerprint density at radius 2 is 2.09 bits per heavy atom. The van der Waals surface area contributed by atoms with E-state index in [9.17, 15) is 4.79 Å². The fourth-order valence-electron chi connectivity index (χ4n) is 2.04. The van der Waals surface area contributed by atoms with Crippen LogP contribution in [0.3, 0.4) is 0 Å². The minimum absolute atomic E-state index is 0.0297. The molecule has 114 valence electrons. The van der Waals surface area contributed by atoms with Crippen LogP contribution >= 0.6 is 11.5 Å². The molecule has 0 spiro atoms. The lowest BCUT2D eigenvalue weighted by molar-refractivity contribution is 0.102. The number of amides is 1.